The number of rotatable bonds is 6. The maximum absolute atomic E-state index is 14.7. The molecule has 1 atom stereocenters. The number of benzene rings is 3. The van der Waals surface area contributed by atoms with Crippen molar-refractivity contribution in [2.45, 2.75) is 32.0 Å². The van der Waals surface area contributed by atoms with Crippen molar-refractivity contribution in [2.24, 2.45) is 0 Å². The van der Waals surface area contributed by atoms with Gasteiger partial charge in [0.2, 0.25) is 11.8 Å². The molecule has 6 rings (SSSR count). The fourth-order valence-corrected chi connectivity index (χ4v) is 5.74. The molecule has 0 bridgehead atoms. The zero-order valence-electron chi connectivity index (χ0n) is 22.3. The average molecular weight is 554 g/mol. The monoisotopic (exact) mass is 553 g/mol. The van der Waals surface area contributed by atoms with Crippen LogP contribution in [0.2, 0.25) is 0 Å². The van der Waals surface area contributed by atoms with Crippen LogP contribution in [0.4, 0.5) is 10.1 Å². The summed E-state index contributed by atoms with van der Waals surface area (Å²) in [6, 6.07) is 18.9. The van der Waals surface area contributed by atoms with Crippen molar-refractivity contribution < 1.29 is 23.5 Å². The van der Waals surface area contributed by atoms with Crippen molar-refractivity contribution in [1.82, 2.24) is 15.1 Å². The van der Waals surface area contributed by atoms with E-state index < -0.39 is 17.8 Å². The van der Waals surface area contributed by atoms with Gasteiger partial charge in [-0.3, -0.25) is 24.6 Å². The van der Waals surface area contributed by atoms with E-state index in [9.17, 15) is 18.8 Å². The summed E-state index contributed by atoms with van der Waals surface area (Å²) in [6.07, 6.45) is 0.435. The van der Waals surface area contributed by atoms with Crippen LogP contribution in [0.15, 0.2) is 60.7 Å². The molecule has 3 aliphatic rings. The molecule has 9 nitrogen and oxygen atoms in total. The molecule has 2 fully saturated rings. The van der Waals surface area contributed by atoms with Crippen LogP contribution >= 0.6 is 0 Å². The molecule has 1 N–H and O–H groups in total. The molecule has 0 aromatic heterocycles. The molecule has 0 aliphatic carbocycles. The van der Waals surface area contributed by atoms with Crippen LogP contribution in [0.1, 0.15) is 39.9 Å². The Morgan fingerprint density at radius 3 is 2.49 bits per heavy atom. The molecule has 41 heavy (non-hydrogen) atoms. The third-order valence-electron chi connectivity index (χ3n) is 7.83. The van der Waals surface area contributed by atoms with E-state index in [1.807, 2.05) is 24.3 Å². The highest BCUT2D eigenvalue weighted by Gasteiger charge is 2.41. The summed E-state index contributed by atoms with van der Waals surface area (Å²) in [4.78, 5) is 43.1. The number of amides is 3. The van der Waals surface area contributed by atoms with Crippen molar-refractivity contribution in [1.29, 1.82) is 5.26 Å². The highest BCUT2D eigenvalue weighted by atomic mass is 19.1. The molecule has 3 aromatic carbocycles. The molecule has 2 saturated heterocycles. The second kappa shape index (κ2) is 11.0. The van der Waals surface area contributed by atoms with Gasteiger partial charge >= 0.3 is 0 Å². The maximum Gasteiger partial charge on any atom is 0.255 e. The minimum absolute atomic E-state index is 0.171. The third kappa shape index (κ3) is 5.49. The van der Waals surface area contributed by atoms with E-state index in [0.29, 0.717) is 35.8 Å². The number of anilines is 1. The van der Waals surface area contributed by atoms with Crippen LogP contribution in [-0.2, 0) is 22.7 Å². The Hall–Kier alpha value is -4.75. The van der Waals surface area contributed by atoms with E-state index in [1.165, 1.54) is 17.0 Å². The summed E-state index contributed by atoms with van der Waals surface area (Å²) in [7, 11) is 0. The molecule has 10 heteroatoms. The zero-order chi connectivity index (χ0) is 28.5. The third-order valence-corrected chi connectivity index (χ3v) is 7.83. The van der Waals surface area contributed by atoms with Gasteiger partial charge in [-0.25, -0.2) is 4.39 Å². The second-order valence-corrected chi connectivity index (χ2v) is 10.5. The predicted molar refractivity (Wildman–Crippen MR) is 148 cm³/mol. The lowest BCUT2D eigenvalue weighted by molar-refractivity contribution is -0.136. The van der Waals surface area contributed by atoms with E-state index in [-0.39, 0.29) is 36.8 Å². The number of hydrogen-bond donors (Lipinski definition) is 1. The summed E-state index contributed by atoms with van der Waals surface area (Å²) in [5.74, 6) is -0.316. The minimum atomic E-state index is -0.739. The zero-order valence-corrected chi connectivity index (χ0v) is 22.3. The lowest BCUT2D eigenvalue weighted by Crippen LogP contribution is -2.52. The highest BCUT2D eigenvalue weighted by molar-refractivity contribution is 6.06. The number of nitriles is 1. The maximum atomic E-state index is 14.7. The molecule has 3 aliphatic heterocycles. The predicted octanol–water partition coefficient (Wildman–Crippen LogP) is 3.57. The molecule has 3 amide bonds. The van der Waals surface area contributed by atoms with Gasteiger partial charge in [0, 0.05) is 62.5 Å². The van der Waals surface area contributed by atoms with Crippen LogP contribution in [0.5, 0.6) is 11.5 Å². The largest absolute Gasteiger partial charge is 0.457 e. The number of carbonyl (C=O) groups is 3. The molecule has 0 radical (unpaired) electrons. The highest BCUT2D eigenvalue weighted by Crippen LogP contribution is 2.35. The van der Waals surface area contributed by atoms with Gasteiger partial charge in [-0.15, -0.1) is 0 Å². The normalized spacial score (nSPS) is 19.1. The molecule has 208 valence electrons. The van der Waals surface area contributed by atoms with E-state index in [4.69, 9.17) is 10.00 Å². The van der Waals surface area contributed by atoms with Gasteiger partial charge in [-0.05, 0) is 60.5 Å². The Labute approximate surface area is 236 Å². The summed E-state index contributed by atoms with van der Waals surface area (Å²) in [6.45, 7) is 3.74. The van der Waals surface area contributed by atoms with Crippen molar-refractivity contribution in [3.8, 4) is 17.6 Å². The lowest BCUT2D eigenvalue weighted by atomic mass is 10.0. The quantitative estimate of drug-likeness (QED) is 0.465. The number of hydrogen-bond acceptors (Lipinski definition) is 7. The number of imide groups is 1. The number of fused-ring (bicyclic) bond motifs is 1. The van der Waals surface area contributed by atoms with E-state index >= 15 is 0 Å². The Morgan fingerprint density at radius 2 is 1.76 bits per heavy atom. The molecule has 3 aromatic rings. The van der Waals surface area contributed by atoms with Crippen molar-refractivity contribution >= 4 is 23.4 Å². The summed E-state index contributed by atoms with van der Waals surface area (Å²) in [5, 5.41) is 11.3. The molecule has 0 saturated carbocycles. The van der Waals surface area contributed by atoms with Crippen LogP contribution in [-0.4, -0.2) is 59.7 Å². The number of nitrogens with zero attached hydrogens (tertiary/aromatic N) is 4. The number of nitrogens with one attached hydrogen (secondary N) is 1. The van der Waals surface area contributed by atoms with Crippen LogP contribution in [0.25, 0.3) is 0 Å². The smallest absolute Gasteiger partial charge is 0.255 e. The Kier molecular flexibility index (Phi) is 7.12. The van der Waals surface area contributed by atoms with Crippen LogP contribution < -0.4 is 15.0 Å². The van der Waals surface area contributed by atoms with Gasteiger partial charge in [0.15, 0.2) is 0 Å². The Morgan fingerprint density at radius 1 is 0.976 bits per heavy atom. The number of carbonyl (C=O) groups excluding carboxylic acids is 3. The molecule has 3 heterocycles. The standard InChI is InChI=1S/C31H28FN5O4/c32-22-15-25-26(19-37(31(25)40)27-8-9-29(38)34-30(27)39)28(16-22)36-12-10-35(11-13-36)18-21-2-1-3-24(14-21)41-23-6-4-20(17-33)5-7-23/h1-7,14-16,27H,8-13,18-19H2,(H,34,38,39). The van der Waals surface area contributed by atoms with Gasteiger partial charge < -0.3 is 14.5 Å². The first-order valence-corrected chi connectivity index (χ1v) is 13.6. The van der Waals surface area contributed by atoms with E-state index in [0.717, 1.165) is 30.8 Å². The average Bonchev–Trinajstić information content (AvgIpc) is 3.29. The minimum Gasteiger partial charge on any atom is -0.457 e. The molecule has 0 spiro atoms. The van der Waals surface area contributed by atoms with Crippen molar-refractivity contribution in [3.05, 3.63) is 88.7 Å². The van der Waals surface area contributed by atoms with Crippen molar-refractivity contribution in [3.63, 3.8) is 0 Å². The second-order valence-electron chi connectivity index (χ2n) is 10.5. The number of ether oxygens (including phenoxy) is 1. The number of piperidine rings is 1. The summed E-state index contributed by atoms with van der Waals surface area (Å²) >= 11 is 0. The molecule has 1 unspecified atom stereocenters. The van der Waals surface area contributed by atoms with E-state index in [1.54, 1.807) is 24.3 Å². The fourth-order valence-electron chi connectivity index (χ4n) is 5.74. The first-order valence-electron chi connectivity index (χ1n) is 13.6. The van der Waals surface area contributed by atoms with Crippen molar-refractivity contribution in [2.75, 3.05) is 31.1 Å². The summed E-state index contributed by atoms with van der Waals surface area (Å²) < 4.78 is 20.7. The first kappa shape index (κ1) is 26.5. The Balaban J connectivity index is 1.10. The summed E-state index contributed by atoms with van der Waals surface area (Å²) in [5.41, 5.74) is 3.36. The first-order chi connectivity index (χ1) is 19.9. The van der Waals surface area contributed by atoms with Crippen LogP contribution in [0.3, 0.4) is 0 Å². The Bertz CT molecular complexity index is 1560. The van der Waals surface area contributed by atoms with Crippen LogP contribution in [0, 0.1) is 17.1 Å². The van der Waals surface area contributed by atoms with Gasteiger partial charge in [0.25, 0.3) is 5.91 Å². The van der Waals surface area contributed by atoms with Gasteiger partial charge in [0.05, 0.1) is 11.6 Å². The van der Waals surface area contributed by atoms with E-state index in [2.05, 4.69) is 21.2 Å². The van der Waals surface area contributed by atoms with Gasteiger partial charge in [-0.2, -0.15) is 5.26 Å². The lowest BCUT2D eigenvalue weighted by Gasteiger charge is -2.37. The number of halogens is 1. The van der Waals surface area contributed by atoms with Gasteiger partial charge in [0.1, 0.15) is 23.4 Å². The molecular formula is C31H28FN5O4. The number of piperazine rings is 1. The molecular weight excluding hydrogens is 525 g/mol. The topological polar surface area (TPSA) is 106 Å². The van der Waals surface area contributed by atoms with Gasteiger partial charge in [-0.1, -0.05) is 12.1 Å². The SMILES string of the molecule is N#Cc1ccc(Oc2cccc(CN3CCN(c4cc(F)cc5c4CN(C4CCC(=O)NC4=O)C5=O)CC3)c2)cc1. The fraction of sp³-hybridized carbons (Fsp3) is 0.290.